The number of Topliss-reactive ketones (excluding diaryl/α,β-unsaturated/α-hetero) is 1. The lowest BCUT2D eigenvalue weighted by molar-refractivity contribution is -0.124. The average Bonchev–Trinajstić information content (AvgIpc) is 2.27. The Kier molecular flexibility index (Phi) is 4.04. The molecule has 1 aromatic rings. The molecule has 82 valence electrons. The van der Waals surface area contributed by atoms with Crippen molar-refractivity contribution in [2.24, 2.45) is 0 Å². The molecule has 0 heterocycles. The van der Waals surface area contributed by atoms with E-state index in [1.807, 2.05) is 44.2 Å². The first-order valence-corrected chi connectivity index (χ1v) is 5.17. The molecule has 0 saturated heterocycles. The van der Waals surface area contributed by atoms with Gasteiger partial charge < -0.3 is 4.74 Å². The summed E-state index contributed by atoms with van der Waals surface area (Å²) in [6.07, 6.45) is 0.471. The van der Waals surface area contributed by atoms with Gasteiger partial charge in [0.25, 0.3) is 0 Å². The summed E-state index contributed by atoms with van der Waals surface area (Å²) in [6, 6.07) is 9.86. The Hall–Kier alpha value is -1.15. The van der Waals surface area contributed by atoms with E-state index in [1.54, 1.807) is 7.11 Å². The predicted molar refractivity (Wildman–Crippen MR) is 61.0 cm³/mol. The van der Waals surface area contributed by atoms with Gasteiger partial charge in [0.15, 0.2) is 0 Å². The molecule has 0 saturated carbocycles. The molecule has 0 amide bonds. The van der Waals surface area contributed by atoms with Crippen LogP contribution in [0.5, 0.6) is 0 Å². The zero-order chi connectivity index (χ0) is 11.3. The molecule has 2 nitrogen and oxygen atoms in total. The van der Waals surface area contributed by atoms with Crippen LogP contribution in [0.3, 0.4) is 0 Å². The SMILES string of the molecule is COCCC(=O)C(C)(C)c1ccccc1. The third kappa shape index (κ3) is 2.90. The summed E-state index contributed by atoms with van der Waals surface area (Å²) in [5.74, 6) is 0.218. The van der Waals surface area contributed by atoms with Gasteiger partial charge in [0, 0.05) is 18.9 Å². The number of benzene rings is 1. The molecular weight excluding hydrogens is 188 g/mol. The van der Waals surface area contributed by atoms with Crippen LogP contribution in [0.2, 0.25) is 0 Å². The van der Waals surface area contributed by atoms with Crippen molar-refractivity contribution in [2.45, 2.75) is 25.7 Å². The molecule has 0 fully saturated rings. The third-order valence-corrected chi connectivity index (χ3v) is 2.73. The largest absolute Gasteiger partial charge is 0.384 e. The van der Waals surface area contributed by atoms with E-state index in [1.165, 1.54) is 0 Å². The summed E-state index contributed by atoms with van der Waals surface area (Å²) < 4.78 is 4.92. The molecule has 1 rings (SSSR count). The highest BCUT2D eigenvalue weighted by Gasteiger charge is 2.28. The Bertz CT molecular complexity index is 315. The quantitative estimate of drug-likeness (QED) is 0.740. The monoisotopic (exact) mass is 206 g/mol. The van der Waals surface area contributed by atoms with Gasteiger partial charge in [0.05, 0.1) is 6.61 Å². The first-order valence-electron chi connectivity index (χ1n) is 5.17. The van der Waals surface area contributed by atoms with Crippen molar-refractivity contribution in [3.63, 3.8) is 0 Å². The number of hydrogen-bond donors (Lipinski definition) is 0. The van der Waals surface area contributed by atoms with E-state index < -0.39 is 5.41 Å². The van der Waals surface area contributed by atoms with E-state index in [2.05, 4.69) is 0 Å². The number of ketones is 1. The highest BCUT2D eigenvalue weighted by atomic mass is 16.5. The second-order valence-electron chi connectivity index (χ2n) is 4.16. The van der Waals surface area contributed by atoms with Crippen molar-refractivity contribution in [3.8, 4) is 0 Å². The molecule has 0 atom stereocenters. The normalized spacial score (nSPS) is 11.4. The van der Waals surface area contributed by atoms with E-state index in [0.717, 1.165) is 5.56 Å². The Labute approximate surface area is 91.3 Å². The number of methoxy groups -OCH3 is 1. The fourth-order valence-corrected chi connectivity index (χ4v) is 1.52. The summed E-state index contributed by atoms with van der Waals surface area (Å²) in [4.78, 5) is 11.9. The van der Waals surface area contributed by atoms with Gasteiger partial charge in [-0.3, -0.25) is 4.79 Å². The molecule has 0 N–H and O–H groups in total. The van der Waals surface area contributed by atoms with Gasteiger partial charge in [0.1, 0.15) is 5.78 Å². The Morgan fingerprint density at radius 3 is 2.40 bits per heavy atom. The van der Waals surface area contributed by atoms with Crippen LogP contribution in [0, 0.1) is 0 Å². The molecule has 0 radical (unpaired) electrons. The van der Waals surface area contributed by atoms with E-state index in [-0.39, 0.29) is 5.78 Å². The predicted octanol–water partition coefficient (Wildman–Crippen LogP) is 2.57. The molecule has 2 heteroatoms. The van der Waals surface area contributed by atoms with Gasteiger partial charge in [0.2, 0.25) is 0 Å². The second-order valence-corrected chi connectivity index (χ2v) is 4.16. The van der Waals surface area contributed by atoms with Crippen LogP contribution in [0.4, 0.5) is 0 Å². The summed E-state index contributed by atoms with van der Waals surface area (Å²) in [6.45, 7) is 4.41. The molecule has 15 heavy (non-hydrogen) atoms. The number of carbonyl (C=O) groups is 1. The molecule has 0 unspecified atom stereocenters. The van der Waals surface area contributed by atoms with E-state index >= 15 is 0 Å². The lowest BCUT2D eigenvalue weighted by Crippen LogP contribution is -2.29. The van der Waals surface area contributed by atoms with Crippen molar-refractivity contribution in [3.05, 3.63) is 35.9 Å². The zero-order valence-corrected chi connectivity index (χ0v) is 9.62. The van der Waals surface area contributed by atoms with Crippen LogP contribution >= 0.6 is 0 Å². The minimum Gasteiger partial charge on any atom is -0.384 e. The van der Waals surface area contributed by atoms with E-state index in [0.29, 0.717) is 13.0 Å². The Morgan fingerprint density at radius 2 is 1.87 bits per heavy atom. The van der Waals surface area contributed by atoms with Crippen LogP contribution in [0.25, 0.3) is 0 Å². The molecule has 0 aliphatic carbocycles. The fourth-order valence-electron chi connectivity index (χ4n) is 1.52. The third-order valence-electron chi connectivity index (χ3n) is 2.73. The number of ether oxygens (including phenoxy) is 1. The number of rotatable bonds is 5. The highest BCUT2D eigenvalue weighted by Crippen LogP contribution is 2.25. The molecular formula is C13H18O2. The maximum absolute atomic E-state index is 11.9. The summed E-state index contributed by atoms with van der Waals surface area (Å²) in [7, 11) is 1.61. The molecule has 0 spiro atoms. The summed E-state index contributed by atoms with van der Waals surface area (Å²) >= 11 is 0. The van der Waals surface area contributed by atoms with Crippen LogP contribution < -0.4 is 0 Å². The van der Waals surface area contributed by atoms with Crippen LogP contribution in [-0.4, -0.2) is 19.5 Å². The van der Waals surface area contributed by atoms with Crippen molar-refractivity contribution >= 4 is 5.78 Å². The van der Waals surface area contributed by atoms with Gasteiger partial charge in [-0.15, -0.1) is 0 Å². The molecule has 0 aliphatic rings. The van der Waals surface area contributed by atoms with Crippen molar-refractivity contribution in [1.29, 1.82) is 0 Å². The second kappa shape index (κ2) is 5.08. The Balaban J connectivity index is 2.78. The van der Waals surface area contributed by atoms with Crippen molar-refractivity contribution in [1.82, 2.24) is 0 Å². The fraction of sp³-hybridized carbons (Fsp3) is 0.462. The van der Waals surface area contributed by atoms with Crippen molar-refractivity contribution < 1.29 is 9.53 Å². The number of carbonyl (C=O) groups excluding carboxylic acids is 1. The first kappa shape index (κ1) is 11.9. The first-order chi connectivity index (χ1) is 7.09. The van der Waals surface area contributed by atoms with Gasteiger partial charge in [-0.05, 0) is 19.4 Å². The van der Waals surface area contributed by atoms with Crippen molar-refractivity contribution in [2.75, 3.05) is 13.7 Å². The standard InChI is InChI=1S/C13H18O2/c1-13(2,12(14)9-10-15-3)11-7-5-4-6-8-11/h4-8H,9-10H2,1-3H3. The van der Waals surface area contributed by atoms with E-state index in [9.17, 15) is 4.79 Å². The lowest BCUT2D eigenvalue weighted by atomic mass is 9.79. The minimum absolute atomic E-state index is 0.218. The zero-order valence-electron chi connectivity index (χ0n) is 9.62. The molecule has 0 aliphatic heterocycles. The van der Waals surface area contributed by atoms with Crippen LogP contribution in [0.15, 0.2) is 30.3 Å². The highest BCUT2D eigenvalue weighted by molar-refractivity contribution is 5.89. The van der Waals surface area contributed by atoms with Gasteiger partial charge in [-0.1, -0.05) is 30.3 Å². The summed E-state index contributed by atoms with van der Waals surface area (Å²) in [5.41, 5.74) is 0.644. The average molecular weight is 206 g/mol. The smallest absolute Gasteiger partial charge is 0.145 e. The van der Waals surface area contributed by atoms with Gasteiger partial charge >= 0.3 is 0 Å². The Morgan fingerprint density at radius 1 is 1.27 bits per heavy atom. The van der Waals surface area contributed by atoms with Gasteiger partial charge in [-0.2, -0.15) is 0 Å². The maximum Gasteiger partial charge on any atom is 0.145 e. The van der Waals surface area contributed by atoms with E-state index in [4.69, 9.17) is 4.74 Å². The van der Waals surface area contributed by atoms with Crippen LogP contribution in [-0.2, 0) is 14.9 Å². The maximum atomic E-state index is 11.9. The molecule has 1 aromatic carbocycles. The summed E-state index contributed by atoms with van der Waals surface area (Å²) in [5, 5.41) is 0. The molecule has 0 aromatic heterocycles. The lowest BCUT2D eigenvalue weighted by Gasteiger charge is -2.23. The molecule has 0 bridgehead atoms. The topological polar surface area (TPSA) is 26.3 Å². The van der Waals surface area contributed by atoms with Crippen LogP contribution in [0.1, 0.15) is 25.8 Å². The number of hydrogen-bond acceptors (Lipinski definition) is 2. The van der Waals surface area contributed by atoms with Gasteiger partial charge in [-0.25, -0.2) is 0 Å². The minimum atomic E-state index is -0.417.